The molecule has 2 heteroatoms. The van der Waals surface area contributed by atoms with Crippen LogP contribution in [0.5, 0.6) is 0 Å². The third kappa shape index (κ3) is 7.93. The smallest absolute Gasteiger partial charge is 0.0540 e. The molecular weight excluding hydrogens is 749 g/mol. The molecule has 10 rings (SSSR count). The molecule has 0 spiro atoms. The molecule has 0 unspecified atom stereocenters. The summed E-state index contributed by atoms with van der Waals surface area (Å²) in [5.74, 6) is 0. The maximum atomic E-state index is 2.37. The zero-order valence-corrected chi connectivity index (χ0v) is 34.3. The highest BCUT2D eigenvalue weighted by Crippen LogP contribution is 2.44. The van der Waals surface area contributed by atoms with E-state index in [4.69, 9.17) is 0 Å². The molecule has 0 atom stereocenters. The summed E-state index contributed by atoms with van der Waals surface area (Å²) >= 11 is 0. The first-order valence-corrected chi connectivity index (χ1v) is 21.2. The van der Waals surface area contributed by atoms with Crippen LogP contribution in [0, 0.1) is 0 Å². The summed E-state index contributed by atoms with van der Waals surface area (Å²) in [6.45, 7) is 0. The highest BCUT2D eigenvalue weighted by atomic mass is 15.1. The van der Waals surface area contributed by atoms with Gasteiger partial charge in [-0.1, -0.05) is 200 Å². The second-order valence-corrected chi connectivity index (χ2v) is 15.4. The van der Waals surface area contributed by atoms with E-state index < -0.39 is 0 Å². The van der Waals surface area contributed by atoms with Crippen LogP contribution < -0.4 is 9.80 Å². The van der Waals surface area contributed by atoms with Gasteiger partial charge >= 0.3 is 0 Å². The van der Waals surface area contributed by atoms with E-state index in [1.54, 1.807) is 0 Å². The molecule has 0 amide bonds. The van der Waals surface area contributed by atoms with Gasteiger partial charge in [0.15, 0.2) is 0 Å². The Bertz CT molecular complexity index is 2920. The van der Waals surface area contributed by atoms with E-state index in [2.05, 4.69) is 277 Å². The molecule has 0 saturated heterocycles. The van der Waals surface area contributed by atoms with E-state index in [1.165, 1.54) is 38.9 Å². The van der Waals surface area contributed by atoms with Crippen molar-refractivity contribution in [3.05, 3.63) is 267 Å². The van der Waals surface area contributed by atoms with Crippen molar-refractivity contribution in [2.75, 3.05) is 9.80 Å². The van der Waals surface area contributed by atoms with E-state index >= 15 is 0 Å². The highest BCUT2D eigenvalue weighted by Gasteiger charge is 2.20. The fourth-order valence-corrected chi connectivity index (χ4v) is 8.42. The minimum absolute atomic E-state index is 1.08. The van der Waals surface area contributed by atoms with Crippen molar-refractivity contribution < 1.29 is 0 Å². The predicted molar refractivity (Wildman–Crippen MR) is 263 cm³/mol. The molecule has 0 heterocycles. The molecule has 10 aromatic carbocycles. The van der Waals surface area contributed by atoms with Crippen LogP contribution >= 0.6 is 0 Å². The average molecular weight is 793 g/mol. The van der Waals surface area contributed by atoms with E-state index in [-0.39, 0.29) is 0 Å². The number of hydrogen-bond donors (Lipinski definition) is 0. The van der Waals surface area contributed by atoms with Crippen LogP contribution in [0.1, 0.15) is 0 Å². The van der Waals surface area contributed by atoms with Gasteiger partial charge in [-0.3, -0.25) is 0 Å². The first-order chi connectivity index (χ1) is 30.8. The number of para-hydroxylation sites is 2. The molecule has 294 valence electrons. The molecule has 0 aromatic heterocycles. The standard InChI is InChI=1S/C60H44N2/c1-6-18-45(19-7-1)47-30-36-53(37-31-47)61(54-38-32-48(33-39-54)46-20-8-2-9-21-46)56-42-43-57(59(44-56)50-24-12-4-13-25-50)51-34-40-55(41-35-51)62(52-26-14-5-15-27-52)60-29-17-16-28-58(60)49-22-10-3-11-23-49/h1-44H. The fourth-order valence-electron chi connectivity index (χ4n) is 8.42. The zero-order chi connectivity index (χ0) is 41.5. The number of anilines is 6. The SMILES string of the molecule is c1ccc(-c2ccc(N(c3ccc(-c4ccccc4)cc3)c3ccc(-c4ccc(N(c5ccccc5)c5ccccc5-c5ccccc5)cc4)c(-c4ccccc4)c3)cc2)cc1. The summed E-state index contributed by atoms with van der Waals surface area (Å²) in [5.41, 5.74) is 18.4. The lowest BCUT2D eigenvalue weighted by atomic mass is 9.93. The molecule has 0 bridgehead atoms. The van der Waals surface area contributed by atoms with E-state index in [9.17, 15) is 0 Å². The number of rotatable bonds is 11. The minimum Gasteiger partial charge on any atom is -0.310 e. The molecule has 0 aliphatic carbocycles. The molecule has 62 heavy (non-hydrogen) atoms. The van der Waals surface area contributed by atoms with Crippen molar-refractivity contribution >= 4 is 34.1 Å². The van der Waals surface area contributed by atoms with Gasteiger partial charge in [-0.25, -0.2) is 0 Å². The fraction of sp³-hybridized carbons (Fsp3) is 0. The van der Waals surface area contributed by atoms with Gasteiger partial charge in [-0.05, 0) is 117 Å². The van der Waals surface area contributed by atoms with Gasteiger partial charge in [0.25, 0.3) is 0 Å². The van der Waals surface area contributed by atoms with Gasteiger partial charge in [0.1, 0.15) is 0 Å². The van der Waals surface area contributed by atoms with Crippen molar-refractivity contribution in [1.29, 1.82) is 0 Å². The Hall–Kier alpha value is -8.20. The third-order valence-electron chi connectivity index (χ3n) is 11.5. The lowest BCUT2D eigenvalue weighted by molar-refractivity contribution is 1.28. The van der Waals surface area contributed by atoms with Crippen LogP contribution in [-0.4, -0.2) is 0 Å². The summed E-state index contributed by atoms with van der Waals surface area (Å²) in [7, 11) is 0. The predicted octanol–water partition coefficient (Wildman–Crippen LogP) is 17.0. The van der Waals surface area contributed by atoms with E-state index in [0.717, 1.165) is 50.8 Å². The summed E-state index contributed by atoms with van der Waals surface area (Å²) in [5, 5.41) is 0. The van der Waals surface area contributed by atoms with Crippen molar-refractivity contribution in [2.45, 2.75) is 0 Å². The number of nitrogens with zero attached hydrogens (tertiary/aromatic N) is 2. The Labute approximate surface area is 364 Å². The Morgan fingerprint density at radius 3 is 1.00 bits per heavy atom. The van der Waals surface area contributed by atoms with Crippen LogP contribution in [0.2, 0.25) is 0 Å². The second kappa shape index (κ2) is 17.6. The van der Waals surface area contributed by atoms with Gasteiger partial charge in [-0.2, -0.15) is 0 Å². The normalized spacial score (nSPS) is 10.9. The van der Waals surface area contributed by atoms with Crippen molar-refractivity contribution in [2.24, 2.45) is 0 Å². The average Bonchev–Trinajstić information content (AvgIpc) is 3.36. The molecule has 0 aliphatic rings. The molecule has 2 nitrogen and oxygen atoms in total. The molecular formula is C60H44N2. The monoisotopic (exact) mass is 792 g/mol. The van der Waals surface area contributed by atoms with Crippen LogP contribution in [0.15, 0.2) is 267 Å². The Balaban J connectivity index is 1.07. The topological polar surface area (TPSA) is 6.48 Å². The zero-order valence-electron chi connectivity index (χ0n) is 34.3. The maximum absolute atomic E-state index is 2.37. The van der Waals surface area contributed by atoms with Gasteiger partial charge in [-0.15, -0.1) is 0 Å². The molecule has 0 radical (unpaired) electrons. The Kier molecular flexibility index (Phi) is 10.8. The molecule has 0 aliphatic heterocycles. The van der Waals surface area contributed by atoms with E-state index in [0.29, 0.717) is 0 Å². The quantitative estimate of drug-likeness (QED) is 0.129. The molecule has 0 fully saturated rings. The molecule has 0 saturated carbocycles. The van der Waals surface area contributed by atoms with Crippen LogP contribution in [0.25, 0.3) is 55.6 Å². The lowest BCUT2D eigenvalue weighted by Gasteiger charge is -2.28. The lowest BCUT2D eigenvalue weighted by Crippen LogP contribution is -2.11. The number of benzene rings is 10. The summed E-state index contributed by atoms with van der Waals surface area (Å²) in [6.07, 6.45) is 0. The largest absolute Gasteiger partial charge is 0.310 e. The molecule has 10 aromatic rings. The Morgan fingerprint density at radius 1 is 0.177 bits per heavy atom. The second-order valence-electron chi connectivity index (χ2n) is 15.4. The van der Waals surface area contributed by atoms with Gasteiger partial charge < -0.3 is 9.80 Å². The highest BCUT2D eigenvalue weighted by molar-refractivity contribution is 5.92. The first kappa shape index (κ1) is 38.0. The summed E-state index contributed by atoms with van der Waals surface area (Å²) < 4.78 is 0. The third-order valence-corrected chi connectivity index (χ3v) is 11.5. The number of hydrogen-bond acceptors (Lipinski definition) is 2. The van der Waals surface area contributed by atoms with Gasteiger partial charge in [0.05, 0.1) is 5.69 Å². The Morgan fingerprint density at radius 2 is 0.500 bits per heavy atom. The summed E-state index contributed by atoms with van der Waals surface area (Å²) in [6, 6.07) is 95.6. The van der Waals surface area contributed by atoms with Crippen molar-refractivity contribution in [3.63, 3.8) is 0 Å². The van der Waals surface area contributed by atoms with Crippen LogP contribution in [-0.2, 0) is 0 Å². The first-order valence-electron chi connectivity index (χ1n) is 21.2. The van der Waals surface area contributed by atoms with Crippen molar-refractivity contribution in [1.82, 2.24) is 0 Å². The van der Waals surface area contributed by atoms with Crippen LogP contribution in [0.4, 0.5) is 34.1 Å². The van der Waals surface area contributed by atoms with Crippen molar-refractivity contribution in [3.8, 4) is 55.6 Å². The molecule has 0 N–H and O–H groups in total. The van der Waals surface area contributed by atoms with Gasteiger partial charge in [0, 0.05) is 34.0 Å². The maximum Gasteiger partial charge on any atom is 0.0540 e. The summed E-state index contributed by atoms with van der Waals surface area (Å²) in [4.78, 5) is 4.72. The van der Waals surface area contributed by atoms with Gasteiger partial charge in [0.2, 0.25) is 0 Å². The van der Waals surface area contributed by atoms with Crippen LogP contribution in [0.3, 0.4) is 0 Å². The van der Waals surface area contributed by atoms with E-state index in [1.807, 2.05) is 0 Å². The minimum atomic E-state index is 1.08.